The minimum Gasteiger partial charge on any atom is -0.414 e. The third-order valence-corrected chi connectivity index (χ3v) is 15.7. The molecular formula is C31H52ClNO4Si. The SMILES string of the molecule is CCOC(C)OC[C@@H]1CCCN(C(=O)C2(c3ccc(Cl)cc3)CCC2)[C@@H]1CO[Si](C(C)C)(C(C)C)C(C)C. The minimum absolute atomic E-state index is 0.00187. The zero-order valence-corrected chi connectivity index (χ0v) is 26.9. The van der Waals surface area contributed by atoms with Gasteiger partial charge in [-0.25, -0.2) is 0 Å². The van der Waals surface area contributed by atoms with Gasteiger partial charge in [0.2, 0.25) is 5.91 Å². The quantitative estimate of drug-likeness (QED) is 0.180. The van der Waals surface area contributed by atoms with E-state index in [1.807, 2.05) is 38.1 Å². The van der Waals surface area contributed by atoms with Crippen molar-refractivity contribution in [3.05, 3.63) is 34.9 Å². The fourth-order valence-corrected chi connectivity index (χ4v) is 12.9. The molecule has 1 saturated heterocycles. The topological polar surface area (TPSA) is 48.0 Å². The number of halogens is 1. The highest BCUT2D eigenvalue weighted by Gasteiger charge is 2.51. The Balaban J connectivity index is 1.92. The van der Waals surface area contributed by atoms with Crippen LogP contribution in [0.1, 0.15) is 93.1 Å². The highest BCUT2D eigenvalue weighted by Crippen LogP contribution is 2.47. The van der Waals surface area contributed by atoms with Gasteiger partial charge in [0.1, 0.15) is 0 Å². The van der Waals surface area contributed by atoms with Crippen molar-refractivity contribution in [1.29, 1.82) is 0 Å². The van der Waals surface area contributed by atoms with Crippen LogP contribution in [-0.2, 0) is 24.1 Å². The first-order chi connectivity index (χ1) is 18.0. The molecular weight excluding hydrogens is 514 g/mol. The van der Waals surface area contributed by atoms with Crippen molar-refractivity contribution < 1.29 is 18.7 Å². The lowest BCUT2D eigenvalue weighted by Crippen LogP contribution is -2.60. The molecule has 1 unspecified atom stereocenters. The predicted octanol–water partition coefficient (Wildman–Crippen LogP) is 7.96. The van der Waals surface area contributed by atoms with Crippen LogP contribution in [0.5, 0.6) is 0 Å². The van der Waals surface area contributed by atoms with Crippen LogP contribution < -0.4 is 0 Å². The van der Waals surface area contributed by atoms with Crippen molar-refractivity contribution in [2.45, 2.75) is 122 Å². The molecule has 2 fully saturated rings. The Labute approximate surface area is 238 Å². The van der Waals surface area contributed by atoms with Gasteiger partial charge in [0, 0.05) is 24.1 Å². The second-order valence-corrected chi connectivity index (χ2v) is 18.3. The third kappa shape index (κ3) is 6.51. The number of piperidine rings is 1. The Morgan fingerprint density at radius 1 is 0.974 bits per heavy atom. The molecule has 5 nitrogen and oxygen atoms in total. The smallest absolute Gasteiger partial charge is 0.233 e. The van der Waals surface area contributed by atoms with Gasteiger partial charge in [-0.15, -0.1) is 0 Å². The van der Waals surface area contributed by atoms with Crippen LogP contribution in [0.25, 0.3) is 0 Å². The van der Waals surface area contributed by atoms with Crippen molar-refractivity contribution in [2.75, 3.05) is 26.4 Å². The zero-order chi connectivity index (χ0) is 28.1. The normalized spacial score (nSPS) is 22.7. The monoisotopic (exact) mass is 565 g/mol. The standard InChI is InChI=1S/C31H52ClNO4Si/c1-9-35-25(8)36-20-26-12-10-19-33(29(26)21-37-38(22(2)3,23(4)5)24(6)7)30(34)31(17-11-18-31)27-13-15-28(32)16-14-27/h13-16,22-26,29H,9-12,17-21H2,1-8H3/t25?,26-,29+/m0/s1. The maximum absolute atomic E-state index is 14.5. The van der Waals surface area contributed by atoms with Crippen LogP contribution in [0.15, 0.2) is 24.3 Å². The minimum atomic E-state index is -2.09. The first kappa shape index (κ1) is 31.6. The van der Waals surface area contributed by atoms with E-state index in [-0.39, 0.29) is 24.2 Å². The molecule has 0 radical (unpaired) electrons. The number of hydrogen-bond donors (Lipinski definition) is 0. The van der Waals surface area contributed by atoms with E-state index in [2.05, 4.69) is 46.4 Å². The number of benzene rings is 1. The summed E-state index contributed by atoms with van der Waals surface area (Å²) in [5.41, 5.74) is 2.13. The van der Waals surface area contributed by atoms with Gasteiger partial charge in [-0.3, -0.25) is 4.79 Å². The van der Waals surface area contributed by atoms with Crippen molar-refractivity contribution in [3.63, 3.8) is 0 Å². The first-order valence-electron chi connectivity index (χ1n) is 14.9. The van der Waals surface area contributed by atoms with E-state index in [9.17, 15) is 4.79 Å². The van der Waals surface area contributed by atoms with Gasteiger partial charge < -0.3 is 18.8 Å². The number of carbonyl (C=O) groups is 1. The summed E-state index contributed by atoms with van der Waals surface area (Å²) < 4.78 is 19.0. The van der Waals surface area contributed by atoms with Gasteiger partial charge in [-0.1, -0.05) is 71.7 Å². The van der Waals surface area contributed by atoms with Crippen LogP contribution in [0.3, 0.4) is 0 Å². The number of likely N-dealkylation sites (tertiary alicyclic amines) is 1. The van der Waals surface area contributed by atoms with E-state index in [0.717, 1.165) is 44.2 Å². The molecule has 1 aromatic carbocycles. The van der Waals surface area contributed by atoms with E-state index in [0.29, 0.717) is 41.5 Å². The molecule has 1 heterocycles. The predicted molar refractivity (Wildman–Crippen MR) is 159 cm³/mol. The Morgan fingerprint density at radius 3 is 2.08 bits per heavy atom. The molecule has 0 N–H and O–H groups in total. The molecule has 1 amide bonds. The molecule has 3 atom stereocenters. The Hall–Kier alpha value is -0.923. The van der Waals surface area contributed by atoms with E-state index in [1.165, 1.54) is 0 Å². The maximum atomic E-state index is 14.5. The number of rotatable bonds is 13. The van der Waals surface area contributed by atoms with E-state index >= 15 is 0 Å². The Kier molecular flexibility index (Phi) is 11.3. The number of ether oxygens (including phenoxy) is 2. The molecule has 2 aliphatic rings. The highest BCUT2D eigenvalue weighted by atomic mass is 35.5. The molecule has 7 heteroatoms. The van der Waals surface area contributed by atoms with Crippen molar-refractivity contribution >= 4 is 25.8 Å². The van der Waals surface area contributed by atoms with Crippen molar-refractivity contribution in [3.8, 4) is 0 Å². The maximum Gasteiger partial charge on any atom is 0.233 e. The number of carbonyl (C=O) groups excluding carboxylic acids is 1. The fourth-order valence-electron chi connectivity index (χ4n) is 7.28. The third-order valence-electron chi connectivity index (χ3n) is 9.35. The summed E-state index contributed by atoms with van der Waals surface area (Å²) >= 11 is 6.20. The molecule has 0 aromatic heterocycles. The van der Waals surface area contributed by atoms with Gasteiger partial charge >= 0.3 is 0 Å². The summed E-state index contributed by atoms with van der Waals surface area (Å²) in [5, 5.41) is 0.706. The second kappa shape index (κ2) is 13.6. The van der Waals surface area contributed by atoms with Crippen LogP contribution in [0, 0.1) is 5.92 Å². The van der Waals surface area contributed by atoms with Crippen molar-refractivity contribution in [2.24, 2.45) is 5.92 Å². The van der Waals surface area contributed by atoms with Gasteiger partial charge in [0.25, 0.3) is 0 Å². The Morgan fingerprint density at radius 2 is 1.58 bits per heavy atom. The lowest BCUT2D eigenvalue weighted by Gasteiger charge is -2.51. The first-order valence-corrected chi connectivity index (χ1v) is 17.5. The molecule has 0 spiro atoms. The molecule has 1 aliphatic heterocycles. The van der Waals surface area contributed by atoms with Gasteiger partial charge in [0.05, 0.1) is 24.7 Å². The van der Waals surface area contributed by atoms with E-state index < -0.39 is 13.7 Å². The average molecular weight is 566 g/mol. The average Bonchev–Trinajstić information content (AvgIpc) is 2.83. The Bertz CT molecular complexity index is 865. The van der Waals surface area contributed by atoms with Gasteiger partial charge in [0.15, 0.2) is 14.6 Å². The molecule has 3 rings (SSSR count). The summed E-state index contributed by atoms with van der Waals surface area (Å²) in [6.45, 7) is 20.4. The van der Waals surface area contributed by atoms with E-state index in [1.54, 1.807) is 0 Å². The molecule has 1 saturated carbocycles. The van der Waals surface area contributed by atoms with Gasteiger partial charge in [-0.05, 0) is 73.9 Å². The summed E-state index contributed by atoms with van der Waals surface area (Å²) in [7, 11) is -2.09. The zero-order valence-electron chi connectivity index (χ0n) is 25.1. The largest absolute Gasteiger partial charge is 0.414 e. The molecule has 38 heavy (non-hydrogen) atoms. The van der Waals surface area contributed by atoms with Gasteiger partial charge in [-0.2, -0.15) is 0 Å². The molecule has 216 valence electrons. The summed E-state index contributed by atoms with van der Waals surface area (Å²) in [6, 6.07) is 7.93. The van der Waals surface area contributed by atoms with Crippen LogP contribution in [0.4, 0.5) is 0 Å². The highest BCUT2D eigenvalue weighted by molar-refractivity contribution is 6.77. The number of nitrogens with zero attached hydrogens (tertiary/aromatic N) is 1. The molecule has 1 aliphatic carbocycles. The van der Waals surface area contributed by atoms with E-state index in [4.69, 9.17) is 25.5 Å². The summed E-state index contributed by atoms with van der Waals surface area (Å²) in [4.78, 5) is 16.7. The van der Waals surface area contributed by atoms with Crippen LogP contribution in [0.2, 0.25) is 21.6 Å². The lowest BCUT2D eigenvalue weighted by atomic mass is 9.63. The van der Waals surface area contributed by atoms with Crippen LogP contribution >= 0.6 is 11.6 Å². The fraction of sp³-hybridized carbons (Fsp3) is 0.774. The number of hydrogen-bond acceptors (Lipinski definition) is 4. The second-order valence-electron chi connectivity index (χ2n) is 12.4. The van der Waals surface area contributed by atoms with Crippen molar-refractivity contribution in [1.82, 2.24) is 4.90 Å². The molecule has 0 bridgehead atoms. The molecule has 1 aromatic rings. The summed E-state index contributed by atoms with van der Waals surface area (Å²) in [6.07, 6.45) is 4.62. The summed E-state index contributed by atoms with van der Waals surface area (Å²) in [5.74, 6) is 0.476. The number of amides is 1. The van der Waals surface area contributed by atoms with Crippen LogP contribution in [-0.4, -0.2) is 57.8 Å². The lowest BCUT2D eigenvalue weighted by molar-refractivity contribution is -0.157.